The molecule has 0 spiro atoms. The van der Waals surface area contributed by atoms with Crippen LogP contribution in [0.25, 0.3) is 0 Å². The lowest BCUT2D eigenvalue weighted by Crippen LogP contribution is -2.29. The van der Waals surface area contributed by atoms with Crippen molar-refractivity contribution >= 4 is 21.7 Å². The fourth-order valence-corrected chi connectivity index (χ4v) is 3.30. The molecule has 0 saturated heterocycles. The molecule has 0 saturated carbocycles. The van der Waals surface area contributed by atoms with Crippen LogP contribution in [0.15, 0.2) is 29.2 Å². The molecule has 0 aromatic heterocycles. The maximum atomic E-state index is 12.1. The van der Waals surface area contributed by atoms with Gasteiger partial charge < -0.3 is 10.6 Å². The van der Waals surface area contributed by atoms with Crippen LogP contribution < -0.4 is 10.6 Å². The van der Waals surface area contributed by atoms with Crippen LogP contribution in [-0.4, -0.2) is 39.4 Å². The van der Waals surface area contributed by atoms with Gasteiger partial charge in [0.25, 0.3) is 0 Å². The Morgan fingerprint density at radius 2 is 1.80 bits per heavy atom. The third kappa shape index (κ3) is 7.88. The quantitative estimate of drug-likeness (QED) is 0.618. The van der Waals surface area contributed by atoms with Gasteiger partial charge in [0.1, 0.15) is 0 Å². The van der Waals surface area contributed by atoms with Gasteiger partial charge in [-0.2, -0.15) is 0 Å². The van der Waals surface area contributed by atoms with Crippen molar-refractivity contribution in [2.75, 3.05) is 26.0 Å². The van der Waals surface area contributed by atoms with Gasteiger partial charge in [-0.1, -0.05) is 45.6 Å². The maximum Gasteiger partial charge on any atom is 0.319 e. The topological polar surface area (TPSA) is 78.5 Å². The molecule has 2 amide bonds. The summed E-state index contributed by atoms with van der Waals surface area (Å²) >= 11 is 0. The molecule has 0 aliphatic rings. The Bertz CT molecular complexity index is 643. The zero-order valence-corrected chi connectivity index (χ0v) is 16.5. The SMILES string of the molecule is CC(C)CCCCCCNC(=O)Nc1cccc(S(=O)(=O)N(C)C)c1. The summed E-state index contributed by atoms with van der Waals surface area (Å²) < 4.78 is 25.4. The van der Waals surface area contributed by atoms with Gasteiger partial charge in [-0.15, -0.1) is 0 Å². The van der Waals surface area contributed by atoms with Crippen molar-refractivity contribution < 1.29 is 13.2 Å². The molecule has 0 aliphatic heterocycles. The van der Waals surface area contributed by atoms with Gasteiger partial charge in [0.05, 0.1) is 4.90 Å². The molecular formula is C18H31N3O3S. The number of urea groups is 1. The van der Waals surface area contributed by atoms with Crippen molar-refractivity contribution in [3.63, 3.8) is 0 Å². The van der Waals surface area contributed by atoms with Crippen LogP contribution in [-0.2, 0) is 10.0 Å². The highest BCUT2D eigenvalue weighted by Crippen LogP contribution is 2.17. The minimum atomic E-state index is -3.51. The molecule has 0 aliphatic carbocycles. The summed E-state index contributed by atoms with van der Waals surface area (Å²) in [6, 6.07) is 5.93. The number of hydrogen-bond donors (Lipinski definition) is 2. The third-order valence-electron chi connectivity index (χ3n) is 3.86. The number of hydrogen-bond acceptors (Lipinski definition) is 3. The van der Waals surface area contributed by atoms with Gasteiger partial charge in [-0.05, 0) is 30.5 Å². The summed E-state index contributed by atoms with van der Waals surface area (Å²) in [7, 11) is -0.559. The summed E-state index contributed by atoms with van der Waals surface area (Å²) in [5, 5.41) is 5.48. The van der Waals surface area contributed by atoms with Gasteiger partial charge in [-0.3, -0.25) is 0 Å². The molecule has 0 heterocycles. The van der Waals surface area contributed by atoms with Crippen LogP contribution in [0.2, 0.25) is 0 Å². The molecule has 2 N–H and O–H groups in total. The lowest BCUT2D eigenvalue weighted by atomic mass is 10.0. The fourth-order valence-electron chi connectivity index (χ4n) is 2.35. The van der Waals surface area contributed by atoms with Crippen LogP contribution in [0.4, 0.5) is 10.5 Å². The van der Waals surface area contributed by atoms with Crippen LogP contribution in [0.3, 0.4) is 0 Å². The highest BCUT2D eigenvalue weighted by Gasteiger charge is 2.17. The average molecular weight is 370 g/mol. The van der Waals surface area contributed by atoms with Crippen LogP contribution >= 0.6 is 0 Å². The van der Waals surface area contributed by atoms with E-state index in [4.69, 9.17) is 0 Å². The van der Waals surface area contributed by atoms with Gasteiger partial charge in [0.2, 0.25) is 10.0 Å². The number of carbonyl (C=O) groups excluding carboxylic acids is 1. The molecular weight excluding hydrogens is 338 g/mol. The Labute approximate surface area is 152 Å². The highest BCUT2D eigenvalue weighted by molar-refractivity contribution is 7.89. The number of rotatable bonds is 10. The summed E-state index contributed by atoms with van der Waals surface area (Å²) in [6.07, 6.45) is 5.72. The Hall–Kier alpha value is -1.60. The first-order valence-corrected chi connectivity index (χ1v) is 10.2. The number of amides is 2. The largest absolute Gasteiger partial charge is 0.338 e. The molecule has 6 nitrogen and oxygen atoms in total. The van der Waals surface area contributed by atoms with E-state index >= 15 is 0 Å². The van der Waals surface area contributed by atoms with E-state index in [1.807, 2.05) is 0 Å². The number of benzene rings is 1. The average Bonchev–Trinajstić information content (AvgIpc) is 2.53. The van der Waals surface area contributed by atoms with Crippen molar-refractivity contribution in [3.05, 3.63) is 24.3 Å². The minimum Gasteiger partial charge on any atom is -0.338 e. The van der Waals surface area contributed by atoms with Crippen molar-refractivity contribution in [3.8, 4) is 0 Å². The van der Waals surface area contributed by atoms with E-state index in [2.05, 4.69) is 24.5 Å². The standard InChI is InChI=1S/C18H31N3O3S/c1-15(2)10-7-5-6-8-13-19-18(22)20-16-11-9-12-17(14-16)25(23,24)21(3)4/h9,11-12,14-15H,5-8,10,13H2,1-4H3,(H2,19,20,22). The van der Waals surface area contributed by atoms with Gasteiger partial charge in [0.15, 0.2) is 0 Å². The second-order valence-corrected chi connectivity index (χ2v) is 8.94. The summed E-state index contributed by atoms with van der Waals surface area (Å²) in [4.78, 5) is 12.1. The van der Waals surface area contributed by atoms with Gasteiger partial charge in [0, 0.05) is 26.3 Å². The Balaban J connectivity index is 2.38. The smallest absolute Gasteiger partial charge is 0.319 e. The monoisotopic (exact) mass is 369 g/mol. The Morgan fingerprint density at radius 1 is 1.12 bits per heavy atom. The molecule has 1 rings (SSSR count). The van der Waals surface area contributed by atoms with Crippen molar-refractivity contribution in [2.45, 2.75) is 50.8 Å². The van der Waals surface area contributed by atoms with E-state index in [0.29, 0.717) is 12.2 Å². The molecule has 0 radical (unpaired) electrons. The number of anilines is 1. The highest BCUT2D eigenvalue weighted by atomic mass is 32.2. The third-order valence-corrected chi connectivity index (χ3v) is 5.68. The normalized spacial score (nSPS) is 11.8. The summed E-state index contributed by atoms with van der Waals surface area (Å²) in [5.74, 6) is 0.746. The molecule has 0 unspecified atom stereocenters. The first-order valence-electron chi connectivity index (χ1n) is 8.81. The van der Waals surface area contributed by atoms with Crippen molar-refractivity contribution in [2.24, 2.45) is 5.92 Å². The number of carbonyl (C=O) groups is 1. The van der Waals surface area contributed by atoms with E-state index in [1.165, 1.54) is 45.5 Å². The number of nitrogens with one attached hydrogen (secondary N) is 2. The first-order chi connectivity index (χ1) is 11.7. The molecule has 0 atom stereocenters. The lowest BCUT2D eigenvalue weighted by Gasteiger charge is -2.13. The second-order valence-electron chi connectivity index (χ2n) is 6.79. The van der Waals surface area contributed by atoms with Crippen LogP contribution in [0, 0.1) is 5.92 Å². The molecule has 1 aromatic rings. The van der Waals surface area contributed by atoms with E-state index in [1.54, 1.807) is 12.1 Å². The molecule has 25 heavy (non-hydrogen) atoms. The summed E-state index contributed by atoms with van der Waals surface area (Å²) in [6.45, 7) is 5.07. The number of nitrogens with zero attached hydrogens (tertiary/aromatic N) is 1. The minimum absolute atomic E-state index is 0.153. The predicted molar refractivity (Wildman–Crippen MR) is 102 cm³/mol. The molecule has 0 bridgehead atoms. The number of sulfonamides is 1. The van der Waals surface area contributed by atoms with Gasteiger partial charge in [-0.25, -0.2) is 17.5 Å². The first kappa shape index (κ1) is 21.4. The summed E-state index contributed by atoms with van der Waals surface area (Å²) in [5.41, 5.74) is 0.456. The van der Waals surface area contributed by atoms with E-state index in [0.717, 1.165) is 23.1 Å². The molecule has 1 aromatic carbocycles. The van der Waals surface area contributed by atoms with Crippen molar-refractivity contribution in [1.29, 1.82) is 0 Å². The zero-order valence-electron chi connectivity index (χ0n) is 15.7. The molecule has 7 heteroatoms. The van der Waals surface area contributed by atoms with E-state index in [9.17, 15) is 13.2 Å². The Morgan fingerprint density at radius 3 is 2.44 bits per heavy atom. The van der Waals surface area contributed by atoms with Crippen LogP contribution in [0.1, 0.15) is 46.0 Å². The lowest BCUT2D eigenvalue weighted by molar-refractivity contribution is 0.252. The predicted octanol–water partition coefficient (Wildman–Crippen LogP) is 3.66. The van der Waals surface area contributed by atoms with Crippen molar-refractivity contribution in [1.82, 2.24) is 9.62 Å². The fraction of sp³-hybridized carbons (Fsp3) is 0.611. The van der Waals surface area contributed by atoms with E-state index < -0.39 is 10.0 Å². The molecule has 0 fully saturated rings. The number of unbranched alkanes of at least 4 members (excludes halogenated alkanes) is 3. The van der Waals surface area contributed by atoms with Gasteiger partial charge >= 0.3 is 6.03 Å². The second kappa shape index (κ2) is 10.4. The van der Waals surface area contributed by atoms with E-state index in [-0.39, 0.29) is 10.9 Å². The molecule has 142 valence electrons. The maximum absolute atomic E-state index is 12.1. The van der Waals surface area contributed by atoms with Crippen LogP contribution in [0.5, 0.6) is 0 Å². The zero-order chi connectivity index (χ0) is 18.9. The Kier molecular flexibility index (Phi) is 8.92.